The minimum absolute atomic E-state index is 0.102. The maximum absolute atomic E-state index is 13.0. The topological polar surface area (TPSA) is 115 Å². The number of hydrogen-bond acceptors (Lipinski definition) is 5. The van der Waals surface area contributed by atoms with Gasteiger partial charge >= 0.3 is 0 Å². The highest BCUT2D eigenvalue weighted by Gasteiger charge is 2.31. The fraction of sp³-hybridized carbons (Fsp3) is 0.455. The molecule has 0 aliphatic carbocycles. The first-order valence-electron chi connectivity index (χ1n) is 5.83. The lowest BCUT2D eigenvalue weighted by molar-refractivity contribution is -0.385. The van der Waals surface area contributed by atoms with E-state index in [2.05, 4.69) is 0 Å². The van der Waals surface area contributed by atoms with Crippen molar-refractivity contribution in [1.82, 2.24) is 4.72 Å². The molecule has 0 atom stereocenters. The van der Waals surface area contributed by atoms with Crippen LogP contribution in [0.5, 0.6) is 0 Å². The Labute approximate surface area is 120 Å². The molecule has 0 saturated carbocycles. The molecule has 0 amide bonds. The molecule has 0 aliphatic heterocycles. The van der Waals surface area contributed by atoms with Crippen LogP contribution in [0.3, 0.4) is 0 Å². The molecule has 0 spiro atoms. The zero-order chi connectivity index (χ0) is 16.4. The average molecular weight is 323 g/mol. The van der Waals surface area contributed by atoms with Gasteiger partial charge in [0, 0.05) is 12.1 Å². The maximum Gasteiger partial charge on any atom is 0.273 e. The molecule has 0 radical (unpaired) electrons. The fourth-order valence-electron chi connectivity index (χ4n) is 1.80. The number of nitrogens with one attached hydrogen (secondary N) is 1. The van der Waals surface area contributed by atoms with Gasteiger partial charge in [-0.1, -0.05) is 0 Å². The van der Waals surface area contributed by atoms with Crippen molar-refractivity contribution in [1.29, 1.82) is 0 Å². The van der Waals surface area contributed by atoms with E-state index in [1.54, 1.807) is 4.72 Å². The highest BCUT2D eigenvalue weighted by atomic mass is 32.2. The molecule has 10 heteroatoms. The van der Waals surface area contributed by atoms with Crippen molar-refractivity contribution >= 4 is 15.7 Å². The van der Waals surface area contributed by atoms with E-state index in [-0.39, 0.29) is 21.7 Å². The van der Waals surface area contributed by atoms with E-state index < -0.39 is 34.0 Å². The average Bonchev–Trinajstić information content (AvgIpc) is 2.35. The van der Waals surface area contributed by atoms with E-state index in [9.17, 15) is 27.3 Å². The van der Waals surface area contributed by atoms with Crippen LogP contribution in [0.1, 0.15) is 11.1 Å². The summed E-state index contributed by atoms with van der Waals surface area (Å²) in [5, 5.41) is 10.7. The lowest BCUT2D eigenvalue weighted by Gasteiger charge is -2.16. The summed E-state index contributed by atoms with van der Waals surface area (Å²) in [5.74, 6) is -3.37. The van der Waals surface area contributed by atoms with Crippen molar-refractivity contribution < 1.29 is 22.1 Å². The Morgan fingerprint density at radius 1 is 1.33 bits per heavy atom. The monoisotopic (exact) mass is 323 g/mol. The predicted molar refractivity (Wildman–Crippen MR) is 71.8 cm³/mol. The smallest absolute Gasteiger partial charge is 0.273 e. The van der Waals surface area contributed by atoms with Gasteiger partial charge in [-0.15, -0.1) is 0 Å². The van der Waals surface area contributed by atoms with Gasteiger partial charge in [0.2, 0.25) is 10.0 Å². The third kappa shape index (κ3) is 4.16. The molecule has 21 heavy (non-hydrogen) atoms. The van der Waals surface area contributed by atoms with Crippen molar-refractivity contribution in [2.24, 2.45) is 5.73 Å². The van der Waals surface area contributed by atoms with Crippen LogP contribution in [0.2, 0.25) is 0 Å². The van der Waals surface area contributed by atoms with Crippen LogP contribution < -0.4 is 10.5 Å². The number of hydrogen-bond donors (Lipinski definition) is 2. The van der Waals surface area contributed by atoms with Gasteiger partial charge in [0.05, 0.1) is 22.9 Å². The van der Waals surface area contributed by atoms with Crippen LogP contribution in [0.25, 0.3) is 0 Å². The summed E-state index contributed by atoms with van der Waals surface area (Å²) in [5.41, 5.74) is 4.76. The van der Waals surface area contributed by atoms with Crippen molar-refractivity contribution in [2.45, 2.75) is 24.7 Å². The largest absolute Gasteiger partial charge is 0.325 e. The minimum atomic E-state index is -4.22. The zero-order valence-corrected chi connectivity index (χ0v) is 12.2. The first kappa shape index (κ1) is 17.4. The fourth-order valence-corrected chi connectivity index (χ4v) is 3.31. The number of non-ortho nitro benzene ring substituents is 1. The summed E-state index contributed by atoms with van der Waals surface area (Å²) in [4.78, 5) is 9.78. The number of alkyl halides is 2. The van der Waals surface area contributed by atoms with Crippen LogP contribution in [-0.4, -0.2) is 32.4 Å². The Morgan fingerprint density at radius 2 is 1.81 bits per heavy atom. The second kappa shape index (κ2) is 6.00. The van der Waals surface area contributed by atoms with Crippen LogP contribution in [-0.2, 0) is 10.0 Å². The molecule has 0 aromatic heterocycles. The normalized spacial score (nSPS) is 12.4. The summed E-state index contributed by atoms with van der Waals surface area (Å²) in [6.07, 6.45) is 0. The summed E-state index contributed by atoms with van der Waals surface area (Å²) in [6.45, 7) is 0.584. The zero-order valence-electron chi connectivity index (χ0n) is 11.4. The first-order valence-corrected chi connectivity index (χ1v) is 7.32. The second-order valence-electron chi connectivity index (χ2n) is 4.55. The van der Waals surface area contributed by atoms with Gasteiger partial charge in [-0.25, -0.2) is 21.9 Å². The molecule has 0 aliphatic rings. The number of sulfonamides is 1. The van der Waals surface area contributed by atoms with E-state index in [0.717, 1.165) is 12.1 Å². The number of nitro groups is 1. The molecule has 3 N–H and O–H groups in total. The number of nitro benzene ring substituents is 1. The molecule has 118 valence electrons. The highest BCUT2D eigenvalue weighted by Crippen LogP contribution is 2.25. The lowest BCUT2D eigenvalue weighted by atomic mass is 10.1. The summed E-state index contributed by atoms with van der Waals surface area (Å²) in [6, 6.07) is 2.14. The number of nitrogens with two attached hydrogens (primary N) is 1. The highest BCUT2D eigenvalue weighted by molar-refractivity contribution is 7.89. The number of aryl methyl sites for hydroxylation is 2. The third-order valence-corrected chi connectivity index (χ3v) is 4.45. The van der Waals surface area contributed by atoms with Gasteiger partial charge < -0.3 is 5.73 Å². The van der Waals surface area contributed by atoms with E-state index >= 15 is 0 Å². The number of rotatable bonds is 6. The van der Waals surface area contributed by atoms with Crippen LogP contribution in [0, 0.1) is 24.0 Å². The predicted octanol–water partition coefficient (Wildman–Crippen LogP) is 1.08. The standard InChI is InChI=1S/C11H15F2N3O4S/c1-7-3-9(16(17)18)4-8(2)10(7)21(19,20)15-6-11(12,13)5-14/h3-4,15H,5-6,14H2,1-2H3. The summed E-state index contributed by atoms with van der Waals surface area (Å²) in [7, 11) is -4.22. The third-order valence-electron chi connectivity index (χ3n) is 2.74. The molecule has 0 bridgehead atoms. The Kier molecular flexibility index (Phi) is 4.97. The van der Waals surface area contributed by atoms with Gasteiger partial charge in [-0.2, -0.15) is 0 Å². The molecule has 0 unspecified atom stereocenters. The quantitative estimate of drug-likeness (QED) is 0.600. The Bertz CT molecular complexity index is 638. The van der Waals surface area contributed by atoms with Crippen LogP contribution in [0.4, 0.5) is 14.5 Å². The van der Waals surface area contributed by atoms with E-state index in [0.29, 0.717) is 0 Å². The Hall–Kier alpha value is -1.65. The lowest BCUT2D eigenvalue weighted by Crippen LogP contribution is -2.41. The first-order chi connectivity index (χ1) is 9.50. The molecule has 1 aromatic rings. The Balaban J connectivity index is 3.18. The minimum Gasteiger partial charge on any atom is -0.325 e. The van der Waals surface area contributed by atoms with E-state index in [1.165, 1.54) is 13.8 Å². The van der Waals surface area contributed by atoms with E-state index in [4.69, 9.17) is 5.73 Å². The van der Waals surface area contributed by atoms with E-state index in [1.807, 2.05) is 0 Å². The SMILES string of the molecule is Cc1cc([N+](=O)[O-])cc(C)c1S(=O)(=O)NCC(F)(F)CN. The van der Waals surface area contributed by atoms with Gasteiger partial charge in [0.1, 0.15) is 0 Å². The molecular formula is C11H15F2N3O4S. The van der Waals surface area contributed by atoms with Crippen molar-refractivity contribution in [3.63, 3.8) is 0 Å². The van der Waals surface area contributed by atoms with Gasteiger partial charge in [0.15, 0.2) is 0 Å². The summed E-state index contributed by atoms with van der Waals surface area (Å²) >= 11 is 0. The number of halogens is 2. The van der Waals surface area contributed by atoms with Crippen molar-refractivity contribution in [3.05, 3.63) is 33.4 Å². The molecule has 1 aromatic carbocycles. The molecule has 0 fully saturated rings. The summed E-state index contributed by atoms with van der Waals surface area (Å²) < 4.78 is 52.0. The van der Waals surface area contributed by atoms with Crippen LogP contribution in [0.15, 0.2) is 17.0 Å². The van der Waals surface area contributed by atoms with Crippen molar-refractivity contribution in [3.8, 4) is 0 Å². The van der Waals surface area contributed by atoms with Gasteiger partial charge in [-0.3, -0.25) is 10.1 Å². The van der Waals surface area contributed by atoms with Crippen molar-refractivity contribution in [2.75, 3.05) is 13.1 Å². The second-order valence-corrected chi connectivity index (χ2v) is 6.25. The Morgan fingerprint density at radius 3 is 2.19 bits per heavy atom. The molecular weight excluding hydrogens is 308 g/mol. The van der Waals surface area contributed by atoms with Gasteiger partial charge in [-0.05, 0) is 25.0 Å². The number of benzene rings is 1. The molecule has 1 rings (SSSR count). The molecule has 0 saturated heterocycles. The number of nitrogens with zero attached hydrogens (tertiary/aromatic N) is 1. The van der Waals surface area contributed by atoms with Crippen LogP contribution >= 0.6 is 0 Å². The molecule has 7 nitrogen and oxygen atoms in total. The maximum atomic E-state index is 13.0. The molecule has 0 heterocycles. The van der Waals surface area contributed by atoms with Gasteiger partial charge in [0.25, 0.3) is 11.6 Å².